The largest absolute Gasteiger partial charge is 0.444 e. The van der Waals surface area contributed by atoms with E-state index in [1.54, 1.807) is 25.7 Å². The van der Waals surface area contributed by atoms with Crippen LogP contribution in [-0.4, -0.2) is 52.3 Å². The number of aryl methyl sites for hydroxylation is 2. The van der Waals surface area contributed by atoms with Gasteiger partial charge in [0.1, 0.15) is 17.7 Å². The Bertz CT molecular complexity index is 894. The quantitative estimate of drug-likeness (QED) is 0.402. The first kappa shape index (κ1) is 29.0. The topological polar surface area (TPSA) is 87.7 Å². The zero-order chi connectivity index (χ0) is 26.5. The van der Waals surface area contributed by atoms with Crippen molar-refractivity contribution in [2.45, 2.75) is 104 Å². The summed E-state index contributed by atoms with van der Waals surface area (Å²) in [5.74, 6) is -0.195. The molecule has 196 valence electrons. The Balaban J connectivity index is 2.47. The van der Waals surface area contributed by atoms with E-state index in [1.807, 2.05) is 39.0 Å². The first-order chi connectivity index (χ1) is 16.3. The summed E-state index contributed by atoms with van der Waals surface area (Å²) in [5, 5.41) is 5.79. The van der Waals surface area contributed by atoms with Crippen molar-refractivity contribution in [2.24, 2.45) is 5.92 Å². The zero-order valence-corrected chi connectivity index (χ0v) is 23.4. The highest BCUT2D eigenvalue weighted by Crippen LogP contribution is 2.41. The van der Waals surface area contributed by atoms with Gasteiger partial charge in [0.15, 0.2) is 0 Å². The molecule has 0 bridgehead atoms. The Labute approximate surface area is 216 Å². The van der Waals surface area contributed by atoms with Crippen molar-refractivity contribution in [2.75, 3.05) is 5.75 Å². The van der Waals surface area contributed by atoms with Gasteiger partial charge in [0, 0.05) is 17.8 Å². The molecule has 8 heteroatoms. The molecule has 2 rings (SSSR count). The molecule has 35 heavy (non-hydrogen) atoms. The molecule has 7 nitrogen and oxygen atoms in total. The van der Waals surface area contributed by atoms with Crippen LogP contribution < -0.4 is 10.6 Å². The van der Waals surface area contributed by atoms with E-state index in [-0.39, 0.29) is 35.6 Å². The van der Waals surface area contributed by atoms with Crippen LogP contribution >= 0.6 is 12.6 Å². The van der Waals surface area contributed by atoms with E-state index in [0.717, 1.165) is 36.0 Å². The molecule has 3 amide bonds. The highest BCUT2D eigenvalue weighted by molar-refractivity contribution is 7.80. The number of nitrogens with zero attached hydrogens (tertiary/aromatic N) is 1. The Morgan fingerprint density at radius 1 is 1.14 bits per heavy atom. The highest BCUT2D eigenvalue weighted by Gasteiger charge is 2.48. The minimum Gasteiger partial charge on any atom is -0.444 e. The third-order valence-electron chi connectivity index (χ3n) is 6.05. The summed E-state index contributed by atoms with van der Waals surface area (Å²) in [6.07, 6.45) is 1.91. The van der Waals surface area contributed by atoms with Crippen molar-refractivity contribution in [3.8, 4) is 0 Å². The number of benzene rings is 1. The van der Waals surface area contributed by atoms with Gasteiger partial charge in [-0.15, -0.1) is 0 Å². The van der Waals surface area contributed by atoms with Gasteiger partial charge in [0.2, 0.25) is 11.8 Å². The Kier molecular flexibility index (Phi) is 10.1. The van der Waals surface area contributed by atoms with E-state index in [0.29, 0.717) is 0 Å². The minimum atomic E-state index is -0.921. The SMILES string of the molecule is CCCC(C)NC(=O)C(c1cc(C)cc(C)c1)N(C(=O)C(CS)NC(=O)OC(C)(C)C)C1CC1C. The summed E-state index contributed by atoms with van der Waals surface area (Å²) >= 11 is 4.35. The molecule has 0 aliphatic heterocycles. The number of hydrogen-bond acceptors (Lipinski definition) is 5. The van der Waals surface area contributed by atoms with Gasteiger partial charge in [0.05, 0.1) is 0 Å². The van der Waals surface area contributed by atoms with Gasteiger partial charge in [-0.3, -0.25) is 9.59 Å². The predicted molar refractivity (Wildman–Crippen MR) is 143 cm³/mol. The minimum absolute atomic E-state index is 0.0185. The molecule has 1 fully saturated rings. The maximum absolute atomic E-state index is 13.9. The van der Waals surface area contributed by atoms with Crippen molar-refractivity contribution >= 4 is 30.5 Å². The average Bonchev–Trinajstić information content (AvgIpc) is 3.43. The molecule has 1 aromatic rings. The Morgan fingerprint density at radius 2 is 1.71 bits per heavy atom. The first-order valence-corrected chi connectivity index (χ1v) is 13.2. The van der Waals surface area contributed by atoms with Crippen molar-refractivity contribution in [3.05, 3.63) is 34.9 Å². The van der Waals surface area contributed by atoms with Gasteiger partial charge in [-0.2, -0.15) is 12.6 Å². The zero-order valence-electron chi connectivity index (χ0n) is 22.5. The van der Waals surface area contributed by atoms with Crippen LogP contribution in [0.5, 0.6) is 0 Å². The molecule has 5 atom stereocenters. The van der Waals surface area contributed by atoms with Crippen LogP contribution in [0.4, 0.5) is 4.79 Å². The molecular formula is C27H43N3O4S. The van der Waals surface area contributed by atoms with Crippen LogP contribution in [0.25, 0.3) is 0 Å². The maximum atomic E-state index is 13.9. The number of amides is 3. The highest BCUT2D eigenvalue weighted by atomic mass is 32.1. The van der Waals surface area contributed by atoms with Crippen LogP contribution in [0, 0.1) is 19.8 Å². The van der Waals surface area contributed by atoms with Gasteiger partial charge in [-0.1, -0.05) is 49.6 Å². The van der Waals surface area contributed by atoms with Gasteiger partial charge in [-0.05, 0) is 65.9 Å². The average molecular weight is 506 g/mol. The lowest BCUT2D eigenvalue weighted by Crippen LogP contribution is -2.55. The van der Waals surface area contributed by atoms with Crippen molar-refractivity contribution in [3.63, 3.8) is 0 Å². The molecule has 2 N–H and O–H groups in total. The summed E-state index contributed by atoms with van der Waals surface area (Å²) in [4.78, 5) is 41.8. The molecule has 0 aromatic heterocycles. The number of nitrogens with one attached hydrogen (secondary N) is 2. The lowest BCUT2D eigenvalue weighted by molar-refractivity contribution is -0.143. The number of carbonyl (C=O) groups is 3. The third-order valence-corrected chi connectivity index (χ3v) is 6.41. The standard InChI is InChI=1S/C27H43N3O4S/c1-9-10-19(5)28-24(31)23(20-12-16(2)11-17(3)13-20)30(22-14-18(22)4)25(32)21(15-35)29-26(33)34-27(6,7)8/h11-13,18-19,21-23,35H,9-10,14-15H2,1-8H3,(H,28,31)(H,29,33). The summed E-state index contributed by atoms with van der Waals surface area (Å²) < 4.78 is 5.37. The maximum Gasteiger partial charge on any atom is 0.408 e. The van der Waals surface area contributed by atoms with Crippen LogP contribution in [0.3, 0.4) is 0 Å². The van der Waals surface area contributed by atoms with E-state index in [9.17, 15) is 14.4 Å². The van der Waals surface area contributed by atoms with E-state index in [4.69, 9.17) is 4.74 Å². The Morgan fingerprint density at radius 3 is 2.17 bits per heavy atom. The summed E-state index contributed by atoms with van der Waals surface area (Å²) in [6.45, 7) is 15.4. The van der Waals surface area contributed by atoms with Gasteiger partial charge in [0.25, 0.3) is 0 Å². The van der Waals surface area contributed by atoms with Crippen molar-refractivity contribution < 1.29 is 19.1 Å². The molecule has 5 unspecified atom stereocenters. The van der Waals surface area contributed by atoms with E-state index in [2.05, 4.69) is 37.1 Å². The number of rotatable bonds is 10. The van der Waals surface area contributed by atoms with Crippen LogP contribution in [-0.2, 0) is 14.3 Å². The molecule has 0 heterocycles. The van der Waals surface area contributed by atoms with Crippen LogP contribution in [0.15, 0.2) is 18.2 Å². The lowest BCUT2D eigenvalue weighted by Gasteiger charge is -2.35. The summed E-state index contributed by atoms with van der Waals surface area (Å²) in [5.41, 5.74) is 2.11. The predicted octanol–water partition coefficient (Wildman–Crippen LogP) is 4.71. The van der Waals surface area contributed by atoms with Crippen LogP contribution in [0.2, 0.25) is 0 Å². The van der Waals surface area contributed by atoms with Gasteiger partial charge < -0.3 is 20.3 Å². The van der Waals surface area contributed by atoms with Gasteiger partial charge >= 0.3 is 6.09 Å². The number of thiol groups is 1. The molecule has 0 radical (unpaired) electrons. The number of carbonyl (C=O) groups excluding carboxylic acids is 3. The number of ether oxygens (including phenoxy) is 1. The second-order valence-electron chi connectivity index (χ2n) is 10.9. The second-order valence-corrected chi connectivity index (χ2v) is 11.3. The fourth-order valence-corrected chi connectivity index (χ4v) is 4.67. The fraction of sp³-hybridized carbons (Fsp3) is 0.667. The second kappa shape index (κ2) is 12.2. The smallest absolute Gasteiger partial charge is 0.408 e. The molecular weight excluding hydrogens is 462 g/mol. The summed E-state index contributed by atoms with van der Waals surface area (Å²) in [6, 6.07) is 4.13. The third kappa shape index (κ3) is 8.44. The molecule has 1 aliphatic rings. The van der Waals surface area contributed by atoms with Crippen LogP contribution in [0.1, 0.15) is 83.5 Å². The molecule has 0 spiro atoms. The lowest BCUT2D eigenvalue weighted by atomic mass is 9.97. The van der Waals surface area contributed by atoms with Gasteiger partial charge in [-0.25, -0.2) is 4.79 Å². The fourth-order valence-electron chi connectivity index (χ4n) is 4.42. The van der Waals surface area contributed by atoms with E-state index < -0.39 is 23.8 Å². The molecule has 1 aromatic carbocycles. The van der Waals surface area contributed by atoms with E-state index >= 15 is 0 Å². The first-order valence-electron chi connectivity index (χ1n) is 12.6. The normalized spacial score (nSPS) is 19.8. The number of alkyl carbamates (subject to hydrolysis) is 1. The number of hydrogen-bond donors (Lipinski definition) is 3. The monoisotopic (exact) mass is 505 g/mol. The Hall–Kier alpha value is -2.22. The molecule has 0 saturated heterocycles. The summed E-state index contributed by atoms with van der Waals surface area (Å²) in [7, 11) is 0. The van der Waals surface area contributed by atoms with Crippen molar-refractivity contribution in [1.82, 2.24) is 15.5 Å². The molecule has 1 aliphatic carbocycles. The molecule has 1 saturated carbocycles. The van der Waals surface area contributed by atoms with E-state index in [1.165, 1.54) is 0 Å². The van der Waals surface area contributed by atoms with Crippen molar-refractivity contribution in [1.29, 1.82) is 0 Å².